The molecule has 0 N–H and O–H groups in total. The number of esters is 1. The van der Waals surface area contributed by atoms with Crippen LogP contribution in [-0.2, 0) is 19.6 Å². The summed E-state index contributed by atoms with van der Waals surface area (Å²) in [6.45, 7) is 3.54. The van der Waals surface area contributed by atoms with Crippen molar-refractivity contribution in [1.82, 2.24) is 4.31 Å². The molecule has 1 aromatic carbocycles. The molecule has 1 unspecified atom stereocenters. The van der Waals surface area contributed by atoms with Crippen molar-refractivity contribution in [2.24, 2.45) is 5.92 Å². The highest BCUT2D eigenvalue weighted by atomic mass is 79.9. The number of hydrogen-bond donors (Lipinski definition) is 0. The van der Waals surface area contributed by atoms with E-state index in [2.05, 4.69) is 36.6 Å². The fourth-order valence-corrected chi connectivity index (χ4v) is 4.65. The van der Waals surface area contributed by atoms with Gasteiger partial charge in [-0.2, -0.15) is 0 Å². The molecule has 0 heterocycles. The maximum Gasteiger partial charge on any atom is 0.309 e. The number of carbonyl (C=O) groups excluding carboxylic acids is 1. The molecule has 21 heavy (non-hydrogen) atoms. The molecule has 1 aromatic rings. The smallest absolute Gasteiger partial charge is 0.309 e. The third kappa shape index (κ3) is 4.28. The molecule has 1 atom stereocenters. The Labute approximate surface area is 142 Å². The van der Waals surface area contributed by atoms with Crippen molar-refractivity contribution >= 4 is 47.9 Å². The second kappa shape index (κ2) is 7.21. The Bertz CT molecular complexity index is 646. The lowest BCUT2D eigenvalue weighted by molar-refractivity contribution is -0.144. The third-order valence-corrected chi connectivity index (χ3v) is 6.67. The van der Waals surface area contributed by atoms with Crippen LogP contribution in [-0.4, -0.2) is 39.4 Å². The lowest BCUT2D eigenvalue weighted by Crippen LogP contribution is -2.34. The van der Waals surface area contributed by atoms with Gasteiger partial charge in [0.2, 0.25) is 10.0 Å². The van der Waals surface area contributed by atoms with Gasteiger partial charge in [0.05, 0.1) is 17.9 Å². The van der Waals surface area contributed by atoms with Gasteiger partial charge in [0.15, 0.2) is 0 Å². The standard InChI is InChI=1S/C13H17Br2NO4S/c1-8-5-11(15)12(6-10(8)14)21(18,19)16(3)7-9(2)13(17)20-4/h5-6,9H,7H2,1-4H3. The first-order valence-corrected chi connectivity index (χ1v) is 9.13. The van der Waals surface area contributed by atoms with Gasteiger partial charge in [-0.15, -0.1) is 0 Å². The normalized spacial score (nSPS) is 13.3. The molecular formula is C13H17Br2NO4S. The molecule has 0 aliphatic heterocycles. The van der Waals surface area contributed by atoms with E-state index in [0.717, 1.165) is 9.87 Å². The van der Waals surface area contributed by atoms with Crippen LogP contribution in [0.1, 0.15) is 12.5 Å². The van der Waals surface area contributed by atoms with E-state index in [1.807, 2.05) is 6.92 Å². The van der Waals surface area contributed by atoms with E-state index in [4.69, 9.17) is 0 Å². The van der Waals surface area contributed by atoms with Crippen LogP contribution in [0.15, 0.2) is 26.0 Å². The molecular weight excluding hydrogens is 426 g/mol. The van der Waals surface area contributed by atoms with Gasteiger partial charge in [0, 0.05) is 22.5 Å². The predicted octanol–water partition coefficient (Wildman–Crippen LogP) is 2.95. The minimum atomic E-state index is -3.70. The van der Waals surface area contributed by atoms with Crippen LogP contribution in [0.4, 0.5) is 0 Å². The highest BCUT2D eigenvalue weighted by Gasteiger charge is 2.27. The summed E-state index contributed by atoms with van der Waals surface area (Å²) in [5, 5.41) is 0. The van der Waals surface area contributed by atoms with Crippen LogP contribution in [0, 0.1) is 12.8 Å². The zero-order chi connectivity index (χ0) is 16.4. The number of carbonyl (C=O) groups is 1. The Balaban J connectivity index is 3.11. The van der Waals surface area contributed by atoms with Crippen LogP contribution in [0.3, 0.4) is 0 Å². The summed E-state index contributed by atoms with van der Waals surface area (Å²) < 4.78 is 32.1. The largest absolute Gasteiger partial charge is 0.469 e. The van der Waals surface area contributed by atoms with Gasteiger partial charge in [-0.3, -0.25) is 4.79 Å². The van der Waals surface area contributed by atoms with Crippen molar-refractivity contribution in [3.05, 3.63) is 26.6 Å². The molecule has 0 radical (unpaired) electrons. The number of hydrogen-bond acceptors (Lipinski definition) is 4. The maximum absolute atomic E-state index is 12.6. The Morgan fingerprint density at radius 3 is 2.43 bits per heavy atom. The second-order valence-electron chi connectivity index (χ2n) is 4.74. The number of aryl methyl sites for hydroxylation is 1. The van der Waals surface area contributed by atoms with E-state index < -0.39 is 21.9 Å². The third-order valence-electron chi connectivity index (χ3n) is 3.04. The average molecular weight is 443 g/mol. The SMILES string of the molecule is COC(=O)C(C)CN(C)S(=O)(=O)c1cc(Br)c(C)cc1Br. The summed E-state index contributed by atoms with van der Waals surface area (Å²) in [5.41, 5.74) is 0.923. The van der Waals surface area contributed by atoms with Crippen molar-refractivity contribution in [3.63, 3.8) is 0 Å². The van der Waals surface area contributed by atoms with Crippen LogP contribution in [0.5, 0.6) is 0 Å². The van der Waals surface area contributed by atoms with Gasteiger partial charge in [0.1, 0.15) is 0 Å². The maximum atomic E-state index is 12.6. The zero-order valence-corrected chi connectivity index (χ0v) is 16.2. The quantitative estimate of drug-likeness (QED) is 0.657. The van der Waals surface area contributed by atoms with Crippen molar-refractivity contribution in [3.8, 4) is 0 Å². The van der Waals surface area contributed by atoms with E-state index in [1.54, 1.807) is 19.1 Å². The van der Waals surface area contributed by atoms with E-state index >= 15 is 0 Å². The van der Waals surface area contributed by atoms with Gasteiger partial charge in [-0.1, -0.05) is 22.9 Å². The highest BCUT2D eigenvalue weighted by molar-refractivity contribution is 9.11. The number of nitrogens with zero attached hydrogens (tertiary/aromatic N) is 1. The Hall–Kier alpha value is -0.440. The number of ether oxygens (including phenoxy) is 1. The molecule has 8 heteroatoms. The molecule has 0 aliphatic carbocycles. The summed E-state index contributed by atoms with van der Waals surface area (Å²) in [4.78, 5) is 11.6. The summed E-state index contributed by atoms with van der Waals surface area (Å²) in [7, 11) is -0.979. The Morgan fingerprint density at radius 1 is 1.33 bits per heavy atom. The summed E-state index contributed by atoms with van der Waals surface area (Å²) >= 11 is 6.61. The molecule has 0 fully saturated rings. The molecule has 0 spiro atoms. The summed E-state index contributed by atoms with van der Waals surface area (Å²) in [6, 6.07) is 3.28. The van der Waals surface area contributed by atoms with E-state index in [-0.39, 0.29) is 11.4 Å². The summed E-state index contributed by atoms with van der Waals surface area (Å²) in [5.74, 6) is -0.983. The van der Waals surface area contributed by atoms with Crippen LogP contribution < -0.4 is 0 Å². The average Bonchev–Trinajstić information content (AvgIpc) is 2.41. The summed E-state index contributed by atoms with van der Waals surface area (Å²) in [6.07, 6.45) is 0. The van der Waals surface area contributed by atoms with Crippen molar-refractivity contribution in [2.75, 3.05) is 20.7 Å². The van der Waals surface area contributed by atoms with E-state index in [9.17, 15) is 13.2 Å². The van der Waals surface area contributed by atoms with Crippen molar-refractivity contribution in [2.45, 2.75) is 18.7 Å². The lowest BCUT2D eigenvalue weighted by Gasteiger charge is -2.21. The number of methoxy groups -OCH3 is 1. The Kier molecular flexibility index (Phi) is 6.39. The van der Waals surface area contributed by atoms with Crippen LogP contribution in [0.2, 0.25) is 0 Å². The fraction of sp³-hybridized carbons (Fsp3) is 0.462. The second-order valence-corrected chi connectivity index (χ2v) is 8.46. The zero-order valence-electron chi connectivity index (χ0n) is 12.2. The van der Waals surface area contributed by atoms with Gasteiger partial charge < -0.3 is 4.74 Å². The first-order chi connectivity index (χ1) is 9.61. The number of sulfonamides is 1. The monoisotopic (exact) mass is 441 g/mol. The van der Waals surface area contributed by atoms with Gasteiger partial charge in [-0.05, 0) is 40.5 Å². The van der Waals surface area contributed by atoms with Gasteiger partial charge in [0.25, 0.3) is 0 Å². The molecule has 0 bridgehead atoms. The first-order valence-electron chi connectivity index (χ1n) is 6.11. The molecule has 118 valence electrons. The van der Waals surface area contributed by atoms with Crippen LogP contribution in [0.25, 0.3) is 0 Å². The molecule has 0 amide bonds. The molecule has 0 aliphatic rings. The highest BCUT2D eigenvalue weighted by Crippen LogP contribution is 2.30. The molecule has 0 saturated heterocycles. The molecule has 5 nitrogen and oxygen atoms in total. The topological polar surface area (TPSA) is 63.7 Å². The predicted molar refractivity (Wildman–Crippen MR) is 87.6 cm³/mol. The fourth-order valence-electron chi connectivity index (χ4n) is 1.75. The number of benzene rings is 1. The lowest BCUT2D eigenvalue weighted by atomic mass is 10.2. The van der Waals surface area contributed by atoms with Crippen molar-refractivity contribution < 1.29 is 17.9 Å². The van der Waals surface area contributed by atoms with E-state index in [1.165, 1.54) is 14.2 Å². The van der Waals surface area contributed by atoms with Gasteiger partial charge >= 0.3 is 5.97 Å². The van der Waals surface area contributed by atoms with E-state index in [0.29, 0.717) is 8.95 Å². The molecule has 1 rings (SSSR count). The van der Waals surface area contributed by atoms with Crippen molar-refractivity contribution in [1.29, 1.82) is 0 Å². The number of rotatable bonds is 5. The molecule has 0 aromatic heterocycles. The number of halogens is 2. The minimum absolute atomic E-state index is 0.0486. The molecule has 0 saturated carbocycles. The van der Waals surface area contributed by atoms with Gasteiger partial charge in [-0.25, -0.2) is 12.7 Å². The minimum Gasteiger partial charge on any atom is -0.469 e. The Morgan fingerprint density at radius 2 is 1.90 bits per heavy atom. The van der Waals surface area contributed by atoms with Crippen LogP contribution >= 0.6 is 31.9 Å². The first kappa shape index (κ1) is 18.6.